The van der Waals surface area contributed by atoms with Crippen LogP contribution < -0.4 is 4.74 Å². The molecular weight excluding hydrogens is 633 g/mol. The van der Waals surface area contributed by atoms with Crippen LogP contribution in [0.5, 0.6) is 5.75 Å². The summed E-state index contributed by atoms with van der Waals surface area (Å²) in [7, 11) is 2.65. The van der Waals surface area contributed by atoms with Crippen LogP contribution >= 0.6 is 0 Å². The Labute approximate surface area is 276 Å². The fourth-order valence-corrected chi connectivity index (χ4v) is 5.09. The number of carbonyl (C=O) groups is 2. The lowest BCUT2D eigenvalue weighted by molar-refractivity contribution is -0.185. The van der Waals surface area contributed by atoms with E-state index >= 15 is 8.78 Å². The summed E-state index contributed by atoms with van der Waals surface area (Å²) in [5.41, 5.74) is 1.67. The van der Waals surface area contributed by atoms with Gasteiger partial charge in [0.25, 0.3) is 0 Å². The molecule has 254 valence electrons. The van der Waals surface area contributed by atoms with Gasteiger partial charge < -0.3 is 14.2 Å². The van der Waals surface area contributed by atoms with Gasteiger partial charge in [0.05, 0.1) is 30.9 Å². The summed E-state index contributed by atoms with van der Waals surface area (Å²) in [6, 6.07) is 23.3. The molecule has 6 nitrogen and oxygen atoms in total. The summed E-state index contributed by atoms with van der Waals surface area (Å²) in [6.07, 6.45) is -6.17. The van der Waals surface area contributed by atoms with Crippen molar-refractivity contribution >= 4 is 11.9 Å². The second kappa shape index (κ2) is 16.4. The zero-order valence-corrected chi connectivity index (χ0v) is 26.6. The average molecular weight is 670 g/mol. The van der Waals surface area contributed by atoms with Gasteiger partial charge in [-0.05, 0) is 90.5 Å². The van der Waals surface area contributed by atoms with Crippen LogP contribution in [0.2, 0.25) is 0 Å². The van der Waals surface area contributed by atoms with Gasteiger partial charge in [-0.3, -0.25) is 9.69 Å². The average Bonchev–Trinajstić information content (AvgIpc) is 3.09. The first-order valence-corrected chi connectivity index (χ1v) is 15.3. The first-order chi connectivity index (χ1) is 22.9. The van der Waals surface area contributed by atoms with Gasteiger partial charge in [-0.2, -0.15) is 22.0 Å². The number of halogens is 5. The molecule has 0 aliphatic carbocycles. The number of unbranched alkanes of at least 4 members (excludes halogenated alkanes) is 1. The Morgan fingerprint density at radius 1 is 0.688 bits per heavy atom. The summed E-state index contributed by atoms with van der Waals surface area (Å²) in [5, 5.41) is 0. The molecular formula is C37H36F5NO5. The van der Waals surface area contributed by atoms with E-state index in [4.69, 9.17) is 14.2 Å². The second-order valence-electron chi connectivity index (χ2n) is 11.1. The lowest BCUT2D eigenvalue weighted by Crippen LogP contribution is -2.28. The van der Waals surface area contributed by atoms with Crippen molar-refractivity contribution in [3.05, 3.63) is 125 Å². The fourth-order valence-electron chi connectivity index (χ4n) is 5.09. The maximum absolute atomic E-state index is 15.4. The molecule has 4 aromatic carbocycles. The molecule has 0 aromatic heterocycles. The van der Waals surface area contributed by atoms with Gasteiger partial charge in [-0.15, -0.1) is 0 Å². The molecule has 0 spiro atoms. The molecule has 0 radical (unpaired) electrons. The molecule has 0 bridgehead atoms. The van der Waals surface area contributed by atoms with E-state index in [9.17, 15) is 22.8 Å². The maximum Gasteiger partial charge on any atom is 0.426 e. The lowest BCUT2D eigenvalue weighted by atomic mass is 10.0. The van der Waals surface area contributed by atoms with Crippen molar-refractivity contribution in [1.82, 2.24) is 4.90 Å². The number of alkyl halides is 5. The number of hydrogen-bond acceptors (Lipinski definition) is 6. The number of methoxy groups -OCH3 is 2. The molecule has 0 saturated heterocycles. The van der Waals surface area contributed by atoms with Crippen LogP contribution in [0.15, 0.2) is 97.1 Å². The second-order valence-corrected chi connectivity index (χ2v) is 11.1. The Morgan fingerprint density at radius 2 is 1.29 bits per heavy atom. The van der Waals surface area contributed by atoms with Crippen molar-refractivity contribution in [2.24, 2.45) is 0 Å². The summed E-state index contributed by atoms with van der Waals surface area (Å²) in [6.45, 7) is 1.63. The summed E-state index contributed by atoms with van der Waals surface area (Å²) >= 11 is 0. The number of esters is 2. The molecule has 0 heterocycles. The number of hydrogen-bond donors (Lipinski definition) is 0. The normalized spacial score (nSPS) is 11.8. The number of para-hydroxylation sites is 1. The minimum atomic E-state index is -4.47. The van der Waals surface area contributed by atoms with Crippen molar-refractivity contribution in [2.75, 3.05) is 27.3 Å². The highest BCUT2D eigenvalue weighted by Gasteiger charge is 2.35. The Morgan fingerprint density at radius 3 is 1.88 bits per heavy atom. The smallest absolute Gasteiger partial charge is 0.426 e. The monoisotopic (exact) mass is 669 g/mol. The van der Waals surface area contributed by atoms with Gasteiger partial charge in [0, 0.05) is 19.5 Å². The molecule has 4 aromatic rings. The molecule has 0 fully saturated rings. The van der Waals surface area contributed by atoms with Crippen molar-refractivity contribution in [3.8, 4) is 16.9 Å². The fraction of sp³-hybridized carbons (Fsp3) is 0.297. The summed E-state index contributed by atoms with van der Waals surface area (Å²) in [4.78, 5) is 25.5. The number of carbonyl (C=O) groups excluding carboxylic acids is 2. The van der Waals surface area contributed by atoms with Crippen LogP contribution in [0.1, 0.15) is 51.9 Å². The van der Waals surface area contributed by atoms with E-state index in [0.717, 1.165) is 17.7 Å². The van der Waals surface area contributed by atoms with Crippen molar-refractivity contribution in [1.29, 1.82) is 0 Å². The van der Waals surface area contributed by atoms with Gasteiger partial charge in [-0.25, -0.2) is 4.79 Å². The molecule has 0 saturated carbocycles. The number of nitrogens with zero attached hydrogens (tertiary/aromatic N) is 1. The highest BCUT2D eigenvalue weighted by Crippen LogP contribution is 2.35. The van der Waals surface area contributed by atoms with Crippen LogP contribution in [-0.4, -0.2) is 44.1 Å². The molecule has 0 aliphatic heterocycles. The first kappa shape index (κ1) is 36.1. The topological polar surface area (TPSA) is 65.1 Å². The Hall–Kier alpha value is -4.77. The first-order valence-electron chi connectivity index (χ1n) is 15.3. The molecule has 0 aliphatic rings. The van der Waals surface area contributed by atoms with Gasteiger partial charge >= 0.3 is 24.2 Å². The van der Waals surface area contributed by atoms with Gasteiger partial charge in [0.1, 0.15) is 5.75 Å². The molecule has 4 rings (SSSR count). The maximum atomic E-state index is 15.4. The van der Waals surface area contributed by atoms with E-state index in [1.54, 1.807) is 30.3 Å². The molecule has 0 amide bonds. The number of benzene rings is 4. The highest BCUT2D eigenvalue weighted by molar-refractivity contribution is 5.89. The van der Waals surface area contributed by atoms with Crippen LogP contribution in [-0.2, 0) is 39.5 Å². The van der Waals surface area contributed by atoms with Crippen molar-refractivity contribution in [2.45, 2.75) is 44.5 Å². The minimum Gasteiger partial charge on any atom is -0.469 e. The quantitative estimate of drug-likeness (QED) is 0.0717. The molecule has 0 N–H and O–H groups in total. The standard InChI is InChI=1S/C37H36F5NO5/c1-46-34(44)9-5-6-23-43(25-26-10-12-30(13-11-26)35(45)47-2)24-22-29-7-3-4-8-33(29)48-37(41,42)32-20-16-28(17-21-32)27-14-18-31(19-15-27)36(38,39)40/h3-4,7-8,10-21H,5-6,9,22-25H2,1-2H3. The van der Waals surface area contributed by atoms with E-state index < -0.39 is 29.4 Å². The lowest BCUT2D eigenvalue weighted by Gasteiger charge is -2.24. The highest BCUT2D eigenvalue weighted by atomic mass is 19.4. The predicted molar refractivity (Wildman–Crippen MR) is 170 cm³/mol. The number of ether oxygens (including phenoxy) is 3. The zero-order chi connectivity index (χ0) is 34.7. The Bertz CT molecular complexity index is 1640. The van der Waals surface area contributed by atoms with Gasteiger partial charge in [0.15, 0.2) is 0 Å². The SMILES string of the molecule is COC(=O)CCCCN(CCc1ccccc1OC(F)(F)c1ccc(-c2ccc(C(F)(F)F)cc2)cc1)Cc1ccc(C(=O)OC)cc1. The predicted octanol–water partition coefficient (Wildman–Crippen LogP) is 8.68. The third-order valence-corrected chi connectivity index (χ3v) is 7.79. The molecule has 0 unspecified atom stereocenters. The van der Waals surface area contributed by atoms with E-state index in [0.29, 0.717) is 61.2 Å². The number of rotatable bonds is 15. The summed E-state index contributed by atoms with van der Waals surface area (Å²) in [5.74, 6) is -0.715. The van der Waals surface area contributed by atoms with Crippen LogP contribution in [0, 0.1) is 0 Å². The third-order valence-electron chi connectivity index (χ3n) is 7.79. The van der Waals surface area contributed by atoms with Crippen molar-refractivity contribution < 1.29 is 45.8 Å². The van der Waals surface area contributed by atoms with E-state index in [1.807, 2.05) is 12.1 Å². The van der Waals surface area contributed by atoms with Gasteiger partial charge in [-0.1, -0.05) is 54.6 Å². The van der Waals surface area contributed by atoms with Gasteiger partial charge in [0.2, 0.25) is 0 Å². The van der Waals surface area contributed by atoms with Crippen molar-refractivity contribution in [3.63, 3.8) is 0 Å². The Balaban J connectivity index is 1.44. The largest absolute Gasteiger partial charge is 0.469 e. The molecule has 11 heteroatoms. The minimum absolute atomic E-state index is 0.0161. The van der Waals surface area contributed by atoms with E-state index in [2.05, 4.69) is 4.90 Å². The van der Waals surface area contributed by atoms with Crippen LogP contribution in [0.3, 0.4) is 0 Å². The third kappa shape index (κ3) is 10.1. The van der Waals surface area contributed by atoms with Crippen LogP contribution in [0.4, 0.5) is 22.0 Å². The van der Waals surface area contributed by atoms with E-state index in [-0.39, 0.29) is 18.1 Å². The Kier molecular flexibility index (Phi) is 12.3. The van der Waals surface area contributed by atoms with Crippen LogP contribution in [0.25, 0.3) is 11.1 Å². The zero-order valence-electron chi connectivity index (χ0n) is 26.6. The summed E-state index contributed by atoms with van der Waals surface area (Å²) < 4.78 is 84.3. The molecule has 48 heavy (non-hydrogen) atoms. The van der Waals surface area contributed by atoms with E-state index in [1.165, 1.54) is 56.7 Å². The molecule has 0 atom stereocenters.